The molecule has 0 bridgehead atoms. The first-order chi connectivity index (χ1) is 13.0. The average Bonchev–Trinajstić information content (AvgIpc) is 3.01. The fourth-order valence-electron chi connectivity index (χ4n) is 2.56. The van der Waals surface area contributed by atoms with Crippen LogP contribution in [0.2, 0.25) is 0 Å². The van der Waals surface area contributed by atoms with E-state index in [9.17, 15) is 4.79 Å². The summed E-state index contributed by atoms with van der Waals surface area (Å²) in [5, 5.41) is 13.3. The highest BCUT2D eigenvalue weighted by Gasteiger charge is 2.19. The van der Waals surface area contributed by atoms with Gasteiger partial charge in [0.15, 0.2) is 5.11 Å². The van der Waals surface area contributed by atoms with Gasteiger partial charge < -0.3 is 4.74 Å². The Balaban J connectivity index is 1.87. The molecular formula is C17H16BrN5O2S2. The predicted octanol–water partition coefficient (Wildman–Crippen LogP) is 3.49. The van der Waals surface area contributed by atoms with Gasteiger partial charge in [-0.05, 0) is 58.2 Å². The van der Waals surface area contributed by atoms with E-state index in [0.29, 0.717) is 26.8 Å². The number of aromatic nitrogens is 3. The van der Waals surface area contributed by atoms with E-state index in [1.165, 1.54) is 18.9 Å². The van der Waals surface area contributed by atoms with E-state index >= 15 is 0 Å². The summed E-state index contributed by atoms with van der Waals surface area (Å²) in [6.07, 6.45) is 1.88. The molecule has 0 saturated carbocycles. The Bertz CT molecular complexity index is 1040. The first-order valence-electron chi connectivity index (χ1n) is 7.79. The lowest BCUT2D eigenvalue weighted by atomic mass is 10.1. The zero-order chi connectivity index (χ0) is 19.6. The molecule has 1 amide bonds. The topological polar surface area (TPSA) is 81.1 Å². The molecule has 0 aliphatic rings. The van der Waals surface area contributed by atoms with Crippen LogP contribution in [0.3, 0.4) is 0 Å². The van der Waals surface area contributed by atoms with Gasteiger partial charge in [-0.15, -0.1) is 10.2 Å². The number of ether oxygens (including phenoxy) is 1. The lowest BCUT2D eigenvalue weighted by Gasteiger charge is -2.15. The second-order valence-electron chi connectivity index (χ2n) is 5.46. The number of nitrogens with one attached hydrogen (secondary N) is 2. The summed E-state index contributed by atoms with van der Waals surface area (Å²) in [5.74, 6) is 0.688. The Morgan fingerprint density at radius 2 is 2.07 bits per heavy atom. The molecule has 0 radical (unpaired) electrons. The summed E-state index contributed by atoms with van der Waals surface area (Å²) in [7, 11) is 1.52. The smallest absolute Gasteiger partial charge is 0.261 e. The van der Waals surface area contributed by atoms with Gasteiger partial charge in [0.25, 0.3) is 5.91 Å². The van der Waals surface area contributed by atoms with Crippen molar-refractivity contribution in [1.29, 1.82) is 0 Å². The number of halogens is 1. The average molecular weight is 466 g/mol. The number of thiocarbonyl (C=S) groups is 1. The zero-order valence-corrected chi connectivity index (χ0v) is 18.0. The van der Waals surface area contributed by atoms with E-state index in [4.69, 9.17) is 17.0 Å². The van der Waals surface area contributed by atoms with Crippen LogP contribution in [0.1, 0.15) is 16.2 Å². The predicted molar refractivity (Wildman–Crippen MR) is 114 cm³/mol. The van der Waals surface area contributed by atoms with Crippen molar-refractivity contribution < 1.29 is 9.53 Å². The van der Waals surface area contributed by atoms with E-state index in [-0.39, 0.29) is 11.0 Å². The number of thioether (sulfide) groups is 1. The van der Waals surface area contributed by atoms with Crippen LogP contribution in [0.4, 0.5) is 0 Å². The van der Waals surface area contributed by atoms with Crippen molar-refractivity contribution in [3.8, 4) is 5.75 Å². The maximum Gasteiger partial charge on any atom is 0.261 e. The molecule has 1 heterocycles. The second-order valence-corrected chi connectivity index (χ2v) is 7.43. The van der Waals surface area contributed by atoms with Gasteiger partial charge in [0.1, 0.15) is 11.6 Å². The number of rotatable bonds is 4. The Labute approximate surface area is 174 Å². The van der Waals surface area contributed by atoms with E-state index in [1.54, 1.807) is 17.7 Å². The Hall–Kier alpha value is -2.17. The van der Waals surface area contributed by atoms with Crippen LogP contribution in [-0.2, 0) is 0 Å². The van der Waals surface area contributed by atoms with E-state index < -0.39 is 0 Å². The van der Waals surface area contributed by atoms with E-state index in [2.05, 4.69) is 36.9 Å². The number of benzene rings is 2. The summed E-state index contributed by atoms with van der Waals surface area (Å²) in [6.45, 7) is 1.79. The molecule has 0 saturated heterocycles. The fourth-order valence-corrected chi connectivity index (χ4v) is 3.96. The standard InChI is InChI=1S/C17H16BrN5O2S2/c1-9-20-21-17(27-3)23(9)22-16(26)19-15(24)12-8-10-6-4-5-7-11(10)13(18)14(12)25-2/h4-8H,1-3H3,(H2,19,22,24,26). The molecule has 0 unspecified atom stereocenters. The summed E-state index contributed by atoms with van der Waals surface area (Å²) in [6, 6.07) is 9.49. The largest absolute Gasteiger partial charge is 0.495 e. The van der Waals surface area contributed by atoms with Gasteiger partial charge in [-0.25, -0.2) is 4.68 Å². The summed E-state index contributed by atoms with van der Waals surface area (Å²) in [5.41, 5.74) is 3.29. The van der Waals surface area contributed by atoms with Gasteiger partial charge >= 0.3 is 0 Å². The van der Waals surface area contributed by atoms with Crippen LogP contribution >= 0.6 is 39.9 Å². The molecule has 27 heavy (non-hydrogen) atoms. The molecule has 2 N–H and O–H groups in total. The minimum Gasteiger partial charge on any atom is -0.495 e. The number of carbonyl (C=O) groups excluding carboxylic acids is 1. The minimum atomic E-state index is -0.382. The maximum atomic E-state index is 12.8. The van der Waals surface area contributed by atoms with Crippen molar-refractivity contribution >= 4 is 61.7 Å². The van der Waals surface area contributed by atoms with Crippen LogP contribution in [0, 0.1) is 6.92 Å². The molecular weight excluding hydrogens is 450 g/mol. The van der Waals surface area contributed by atoms with E-state index in [0.717, 1.165) is 10.8 Å². The second kappa shape index (κ2) is 8.24. The number of amides is 1. The summed E-state index contributed by atoms with van der Waals surface area (Å²) in [4.78, 5) is 12.8. The van der Waals surface area contributed by atoms with Crippen molar-refractivity contribution in [2.75, 3.05) is 18.8 Å². The van der Waals surface area contributed by atoms with Crippen molar-refractivity contribution in [2.24, 2.45) is 0 Å². The number of methoxy groups -OCH3 is 1. The highest BCUT2D eigenvalue weighted by molar-refractivity contribution is 9.10. The Morgan fingerprint density at radius 3 is 2.78 bits per heavy atom. The molecule has 0 fully saturated rings. The first kappa shape index (κ1) is 19.6. The van der Waals surface area contributed by atoms with Crippen LogP contribution in [-0.4, -0.2) is 39.3 Å². The maximum absolute atomic E-state index is 12.8. The summed E-state index contributed by atoms with van der Waals surface area (Å²) >= 11 is 10.2. The molecule has 0 aliphatic heterocycles. The minimum absolute atomic E-state index is 0.129. The third-order valence-electron chi connectivity index (χ3n) is 3.81. The third kappa shape index (κ3) is 3.92. The Kier molecular flexibility index (Phi) is 5.98. The summed E-state index contributed by atoms with van der Waals surface area (Å²) < 4.78 is 7.77. The monoisotopic (exact) mass is 465 g/mol. The van der Waals surface area contributed by atoms with Crippen molar-refractivity contribution in [3.05, 3.63) is 46.2 Å². The van der Waals surface area contributed by atoms with Gasteiger partial charge in [-0.2, -0.15) is 0 Å². The first-order valence-corrected chi connectivity index (χ1v) is 10.2. The number of hydrogen-bond acceptors (Lipinski definition) is 6. The van der Waals surface area contributed by atoms with Gasteiger partial charge in [0, 0.05) is 0 Å². The van der Waals surface area contributed by atoms with Crippen LogP contribution in [0.15, 0.2) is 40.0 Å². The molecule has 0 atom stereocenters. The molecule has 2 aromatic carbocycles. The molecule has 3 aromatic rings. The number of nitrogens with zero attached hydrogens (tertiary/aromatic N) is 3. The quantitative estimate of drug-likeness (QED) is 0.450. The van der Waals surface area contributed by atoms with Gasteiger partial charge in [0.2, 0.25) is 5.16 Å². The third-order valence-corrected chi connectivity index (χ3v) is 5.42. The number of aryl methyl sites for hydroxylation is 1. The van der Waals surface area contributed by atoms with Crippen LogP contribution in [0.5, 0.6) is 5.75 Å². The van der Waals surface area contributed by atoms with Crippen molar-refractivity contribution in [3.63, 3.8) is 0 Å². The molecule has 0 spiro atoms. The molecule has 0 aliphatic carbocycles. The van der Waals surface area contributed by atoms with E-state index in [1.807, 2.05) is 30.5 Å². The number of hydrogen-bond donors (Lipinski definition) is 2. The highest BCUT2D eigenvalue weighted by Crippen LogP contribution is 2.36. The molecule has 7 nitrogen and oxygen atoms in total. The van der Waals surface area contributed by atoms with Crippen LogP contribution in [0.25, 0.3) is 10.8 Å². The zero-order valence-electron chi connectivity index (χ0n) is 14.7. The molecule has 10 heteroatoms. The number of carbonyl (C=O) groups is 1. The lowest BCUT2D eigenvalue weighted by Crippen LogP contribution is -2.38. The van der Waals surface area contributed by atoms with Crippen molar-refractivity contribution in [2.45, 2.75) is 12.1 Å². The molecule has 1 aromatic heterocycles. The molecule has 3 rings (SSSR count). The SMILES string of the molecule is COc1c(C(=O)NC(=S)Nn2c(C)nnc2SC)cc2ccccc2c1Br. The van der Waals surface area contributed by atoms with Crippen molar-refractivity contribution in [1.82, 2.24) is 20.2 Å². The lowest BCUT2D eigenvalue weighted by molar-refractivity contribution is 0.0974. The molecule has 140 valence electrons. The van der Waals surface area contributed by atoms with Crippen LogP contribution < -0.4 is 15.5 Å². The van der Waals surface area contributed by atoms with Gasteiger partial charge in [-0.1, -0.05) is 36.0 Å². The highest BCUT2D eigenvalue weighted by atomic mass is 79.9. The van der Waals surface area contributed by atoms with Gasteiger partial charge in [-0.3, -0.25) is 15.5 Å². The fraction of sp³-hybridized carbons (Fsp3) is 0.176. The number of fused-ring (bicyclic) bond motifs is 1. The Morgan fingerprint density at radius 1 is 1.33 bits per heavy atom. The normalized spacial score (nSPS) is 10.7. The van der Waals surface area contributed by atoms with Gasteiger partial charge in [0.05, 0.1) is 17.1 Å².